The maximum Gasteiger partial charge on any atom is 0.266 e. The summed E-state index contributed by atoms with van der Waals surface area (Å²) in [6.07, 6.45) is 1.55. The first-order chi connectivity index (χ1) is 15.5. The number of aromatic nitrogens is 4. The largest absolute Gasteiger partial charge is 0.495 e. The van der Waals surface area contributed by atoms with Crippen molar-refractivity contribution in [3.05, 3.63) is 74.6 Å². The number of fused-ring (bicyclic) bond motifs is 2. The number of para-hydroxylation sites is 1. The van der Waals surface area contributed by atoms with Crippen molar-refractivity contribution in [3.8, 4) is 11.4 Å². The molecule has 0 aliphatic heterocycles. The summed E-state index contributed by atoms with van der Waals surface area (Å²) in [5.74, 6) is 0.535. The van der Waals surface area contributed by atoms with Crippen molar-refractivity contribution >= 4 is 55.8 Å². The van der Waals surface area contributed by atoms with Gasteiger partial charge in [0.15, 0.2) is 5.16 Å². The summed E-state index contributed by atoms with van der Waals surface area (Å²) in [6.45, 7) is 4.13. The summed E-state index contributed by atoms with van der Waals surface area (Å²) >= 11 is 9.35. The number of thiophene rings is 1. The van der Waals surface area contributed by atoms with E-state index in [1.165, 1.54) is 16.6 Å². The van der Waals surface area contributed by atoms with Crippen LogP contribution in [0.15, 0.2) is 63.8 Å². The molecule has 6 nitrogen and oxygen atoms in total. The third-order valence-corrected chi connectivity index (χ3v) is 7.63. The van der Waals surface area contributed by atoms with Gasteiger partial charge in [-0.15, -0.1) is 11.3 Å². The standard InChI is InChI=1S/C23H17ClN4O2S2/c1-12-13(2)31-20-19(12)21(26-11-25-20)32-23-27-17-7-5-4-6-15(17)22(29)28(23)14-8-9-18(30-3)16(24)10-14/h4-11H,1-3H3. The van der Waals surface area contributed by atoms with Gasteiger partial charge in [0.1, 0.15) is 21.9 Å². The third-order valence-electron chi connectivity index (χ3n) is 5.26. The highest BCUT2D eigenvalue weighted by molar-refractivity contribution is 7.99. The van der Waals surface area contributed by atoms with Gasteiger partial charge in [-0.1, -0.05) is 23.7 Å². The first-order valence-electron chi connectivity index (χ1n) is 9.72. The molecule has 9 heteroatoms. The first-order valence-corrected chi connectivity index (χ1v) is 11.7. The summed E-state index contributed by atoms with van der Waals surface area (Å²) in [5.41, 5.74) is 2.18. The molecule has 0 saturated carbocycles. The Morgan fingerprint density at radius 1 is 1.12 bits per heavy atom. The van der Waals surface area contributed by atoms with E-state index in [2.05, 4.69) is 23.8 Å². The van der Waals surface area contributed by atoms with Crippen LogP contribution in [0.1, 0.15) is 10.4 Å². The average Bonchev–Trinajstić information content (AvgIpc) is 3.08. The van der Waals surface area contributed by atoms with Gasteiger partial charge in [-0.3, -0.25) is 9.36 Å². The Morgan fingerprint density at radius 2 is 1.94 bits per heavy atom. The van der Waals surface area contributed by atoms with E-state index in [0.29, 0.717) is 32.5 Å². The Balaban J connectivity index is 1.77. The molecule has 0 N–H and O–H groups in total. The number of benzene rings is 2. The van der Waals surface area contributed by atoms with Crippen LogP contribution in [0.2, 0.25) is 5.02 Å². The number of ether oxygens (including phenoxy) is 1. The number of hydrogen-bond donors (Lipinski definition) is 0. The summed E-state index contributed by atoms with van der Waals surface area (Å²) in [7, 11) is 1.55. The molecule has 0 amide bonds. The van der Waals surface area contributed by atoms with Crippen molar-refractivity contribution in [1.82, 2.24) is 19.5 Å². The Morgan fingerprint density at radius 3 is 2.72 bits per heavy atom. The van der Waals surface area contributed by atoms with Crippen LogP contribution in [0, 0.1) is 13.8 Å². The molecule has 0 radical (unpaired) electrons. The lowest BCUT2D eigenvalue weighted by molar-refractivity contribution is 0.415. The summed E-state index contributed by atoms with van der Waals surface area (Å²) < 4.78 is 6.84. The Labute approximate surface area is 196 Å². The molecular weight excluding hydrogens is 464 g/mol. The minimum absolute atomic E-state index is 0.178. The molecule has 0 saturated heterocycles. The van der Waals surface area contributed by atoms with E-state index in [-0.39, 0.29) is 5.56 Å². The molecule has 2 aromatic carbocycles. The molecule has 5 aromatic rings. The van der Waals surface area contributed by atoms with Gasteiger partial charge in [0, 0.05) is 10.3 Å². The van der Waals surface area contributed by atoms with Crippen molar-refractivity contribution in [2.45, 2.75) is 24.0 Å². The summed E-state index contributed by atoms with van der Waals surface area (Å²) in [6, 6.07) is 12.5. The minimum atomic E-state index is -0.178. The molecule has 0 aliphatic carbocycles. The molecule has 32 heavy (non-hydrogen) atoms. The molecule has 5 rings (SSSR count). The second-order valence-corrected chi connectivity index (χ2v) is 9.68. The van der Waals surface area contributed by atoms with E-state index < -0.39 is 0 Å². The van der Waals surface area contributed by atoms with Gasteiger partial charge in [-0.2, -0.15) is 0 Å². The van der Waals surface area contributed by atoms with Gasteiger partial charge in [0.25, 0.3) is 5.56 Å². The fourth-order valence-electron chi connectivity index (χ4n) is 3.52. The van der Waals surface area contributed by atoms with Crippen LogP contribution in [0.4, 0.5) is 0 Å². The Bertz CT molecular complexity index is 1560. The van der Waals surface area contributed by atoms with Gasteiger partial charge in [0.2, 0.25) is 0 Å². The van der Waals surface area contributed by atoms with Crippen molar-refractivity contribution in [3.63, 3.8) is 0 Å². The average molecular weight is 481 g/mol. The monoisotopic (exact) mass is 480 g/mol. The predicted octanol–water partition coefficient (Wildman–Crippen LogP) is 5.82. The van der Waals surface area contributed by atoms with Crippen LogP contribution in [-0.4, -0.2) is 26.6 Å². The van der Waals surface area contributed by atoms with Crippen molar-refractivity contribution in [2.24, 2.45) is 0 Å². The maximum absolute atomic E-state index is 13.5. The van der Waals surface area contributed by atoms with E-state index in [4.69, 9.17) is 21.3 Å². The SMILES string of the molecule is COc1ccc(-n2c(Sc3ncnc4sc(C)c(C)c34)nc3ccccc3c2=O)cc1Cl. The second-order valence-electron chi connectivity index (χ2n) is 7.12. The number of rotatable bonds is 4. The zero-order valence-electron chi connectivity index (χ0n) is 17.4. The molecule has 3 heterocycles. The fourth-order valence-corrected chi connectivity index (χ4v) is 5.88. The van der Waals surface area contributed by atoms with Gasteiger partial charge >= 0.3 is 0 Å². The quantitative estimate of drug-likeness (QED) is 0.238. The van der Waals surface area contributed by atoms with Crippen molar-refractivity contribution in [1.29, 1.82) is 0 Å². The number of aryl methyl sites for hydroxylation is 2. The van der Waals surface area contributed by atoms with Crippen LogP contribution >= 0.6 is 34.7 Å². The zero-order valence-corrected chi connectivity index (χ0v) is 19.8. The molecule has 0 unspecified atom stereocenters. The molecular formula is C23H17ClN4O2S2. The van der Waals surface area contributed by atoms with E-state index in [0.717, 1.165) is 20.8 Å². The number of halogens is 1. The van der Waals surface area contributed by atoms with Gasteiger partial charge in [-0.25, -0.2) is 15.0 Å². The normalized spacial score (nSPS) is 11.4. The summed E-state index contributed by atoms with van der Waals surface area (Å²) in [5, 5.41) is 3.18. The number of hydrogen-bond acceptors (Lipinski definition) is 7. The highest BCUT2D eigenvalue weighted by atomic mass is 35.5. The Hall–Kier alpha value is -2.94. The Kier molecular flexibility index (Phi) is 5.36. The lowest BCUT2D eigenvalue weighted by Gasteiger charge is -2.14. The smallest absolute Gasteiger partial charge is 0.266 e. The highest BCUT2D eigenvalue weighted by Gasteiger charge is 2.19. The molecule has 0 spiro atoms. The predicted molar refractivity (Wildman–Crippen MR) is 130 cm³/mol. The van der Waals surface area contributed by atoms with Gasteiger partial charge in [0.05, 0.1) is 28.7 Å². The maximum atomic E-state index is 13.5. The van der Waals surface area contributed by atoms with Crippen molar-refractivity contribution < 1.29 is 4.74 Å². The van der Waals surface area contributed by atoms with Gasteiger partial charge < -0.3 is 4.74 Å². The van der Waals surface area contributed by atoms with Gasteiger partial charge in [-0.05, 0) is 61.5 Å². The van der Waals surface area contributed by atoms with Crippen LogP contribution in [0.5, 0.6) is 5.75 Å². The minimum Gasteiger partial charge on any atom is -0.495 e. The van der Waals surface area contributed by atoms with E-state index in [9.17, 15) is 4.79 Å². The topological polar surface area (TPSA) is 69.9 Å². The lowest BCUT2D eigenvalue weighted by atomic mass is 10.2. The number of nitrogens with zero attached hydrogens (tertiary/aromatic N) is 4. The summed E-state index contributed by atoms with van der Waals surface area (Å²) in [4.78, 5) is 29.4. The van der Waals surface area contributed by atoms with E-state index in [1.807, 2.05) is 18.2 Å². The zero-order chi connectivity index (χ0) is 22.4. The lowest BCUT2D eigenvalue weighted by Crippen LogP contribution is -2.21. The van der Waals surface area contributed by atoms with Crippen LogP contribution in [0.3, 0.4) is 0 Å². The van der Waals surface area contributed by atoms with Crippen molar-refractivity contribution in [2.75, 3.05) is 7.11 Å². The molecule has 0 aliphatic rings. The third kappa shape index (κ3) is 3.44. The molecule has 160 valence electrons. The first kappa shape index (κ1) is 20.9. The van der Waals surface area contributed by atoms with E-state index >= 15 is 0 Å². The van der Waals surface area contributed by atoms with Crippen LogP contribution in [0.25, 0.3) is 26.8 Å². The molecule has 0 bridgehead atoms. The van der Waals surface area contributed by atoms with Crippen LogP contribution in [-0.2, 0) is 0 Å². The fraction of sp³-hybridized carbons (Fsp3) is 0.130. The molecule has 3 aromatic heterocycles. The second kappa shape index (κ2) is 8.20. The van der Waals surface area contributed by atoms with E-state index in [1.54, 1.807) is 53.6 Å². The van der Waals surface area contributed by atoms with Crippen LogP contribution < -0.4 is 10.3 Å². The highest BCUT2D eigenvalue weighted by Crippen LogP contribution is 2.38. The number of methoxy groups -OCH3 is 1. The molecule has 0 fully saturated rings. The molecule has 0 atom stereocenters.